The fourth-order valence-corrected chi connectivity index (χ4v) is 2.45. The summed E-state index contributed by atoms with van der Waals surface area (Å²) < 4.78 is 11.1. The van der Waals surface area contributed by atoms with Crippen molar-refractivity contribution in [1.29, 1.82) is 0 Å². The van der Waals surface area contributed by atoms with Crippen molar-refractivity contribution in [2.75, 3.05) is 18.6 Å². The van der Waals surface area contributed by atoms with E-state index in [0.29, 0.717) is 12.3 Å². The van der Waals surface area contributed by atoms with Gasteiger partial charge in [-0.15, -0.1) is 0 Å². The Labute approximate surface area is 111 Å². The maximum Gasteiger partial charge on any atom is 0.246 e. The first-order valence-corrected chi connectivity index (χ1v) is 8.02. The minimum Gasteiger partial charge on any atom is -0.342 e. The lowest BCUT2D eigenvalue weighted by Gasteiger charge is -2.39. The smallest absolute Gasteiger partial charge is 0.246 e. The summed E-state index contributed by atoms with van der Waals surface area (Å²) in [6, 6.07) is -0.912. The monoisotopic (exact) mass is 274 g/mol. The lowest BCUT2D eigenvalue weighted by molar-refractivity contribution is -0.149. The Morgan fingerprint density at radius 3 is 2.56 bits per heavy atom. The average Bonchev–Trinajstić information content (AvgIpc) is 2.32. The van der Waals surface area contributed by atoms with Gasteiger partial charge in [-0.05, 0) is 12.8 Å². The van der Waals surface area contributed by atoms with Crippen LogP contribution in [0.2, 0.25) is 0 Å². The van der Waals surface area contributed by atoms with E-state index in [1.54, 1.807) is 18.1 Å². The van der Waals surface area contributed by atoms with Crippen LogP contribution in [0.15, 0.2) is 0 Å². The average molecular weight is 274 g/mol. The fraction of sp³-hybridized carbons (Fsp3) is 0.833. The van der Waals surface area contributed by atoms with Crippen molar-refractivity contribution in [3.05, 3.63) is 0 Å². The first-order valence-electron chi connectivity index (χ1n) is 6.29. The molecule has 1 aliphatic heterocycles. The zero-order chi connectivity index (χ0) is 13.9. The highest BCUT2D eigenvalue weighted by atomic mass is 32.2. The number of nitrogens with zero attached hydrogens (tertiary/aromatic N) is 1. The summed E-state index contributed by atoms with van der Waals surface area (Å²) in [6.45, 7) is 6.03. The Balaban J connectivity index is 2.81. The SMILES string of the molecule is CCC(C)C1NC(=O)C(C)N(CCS(C)=O)C1=O. The summed E-state index contributed by atoms with van der Waals surface area (Å²) in [6.07, 6.45) is 2.43. The molecular formula is C12H22N2O3S. The molecule has 1 aliphatic rings. The number of rotatable bonds is 5. The number of amides is 2. The maximum atomic E-state index is 12.3. The molecule has 0 bridgehead atoms. The zero-order valence-corrected chi connectivity index (χ0v) is 12.3. The third-order valence-electron chi connectivity index (χ3n) is 3.53. The number of piperazine rings is 1. The quantitative estimate of drug-likeness (QED) is 0.775. The van der Waals surface area contributed by atoms with Gasteiger partial charge in [-0.25, -0.2) is 0 Å². The van der Waals surface area contributed by atoms with E-state index in [1.807, 2.05) is 13.8 Å². The van der Waals surface area contributed by atoms with E-state index >= 15 is 0 Å². The molecule has 18 heavy (non-hydrogen) atoms. The first kappa shape index (κ1) is 15.1. The van der Waals surface area contributed by atoms with Crippen LogP contribution in [-0.2, 0) is 20.4 Å². The van der Waals surface area contributed by atoms with Crippen LogP contribution in [0.1, 0.15) is 27.2 Å². The van der Waals surface area contributed by atoms with Crippen LogP contribution < -0.4 is 5.32 Å². The molecule has 104 valence electrons. The van der Waals surface area contributed by atoms with E-state index in [-0.39, 0.29) is 17.7 Å². The molecule has 1 heterocycles. The van der Waals surface area contributed by atoms with Crippen molar-refractivity contribution in [1.82, 2.24) is 10.2 Å². The van der Waals surface area contributed by atoms with Crippen LogP contribution in [0.3, 0.4) is 0 Å². The molecule has 1 N–H and O–H groups in total. The fourth-order valence-electron chi connectivity index (χ4n) is 2.00. The summed E-state index contributed by atoms with van der Waals surface area (Å²) >= 11 is 0. The highest BCUT2D eigenvalue weighted by Gasteiger charge is 2.39. The molecule has 0 radical (unpaired) electrons. The third-order valence-corrected chi connectivity index (χ3v) is 4.28. The number of carbonyl (C=O) groups excluding carboxylic acids is 2. The molecule has 0 aliphatic carbocycles. The zero-order valence-electron chi connectivity index (χ0n) is 11.4. The van der Waals surface area contributed by atoms with Crippen molar-refractivity contribution in [3.8, 4) is 0 Å². The molecule has 0 aromatic rings. The summed E-state index contributed by atoms with van der Waals surface area (Å²) in [5.41, 5.74) is 0. The van der Waals surface area contributed by atoms with Gasteiger partial charge in [0.25, 0.3) is 0 Å². The standard InChI is InChI=1S/C12H22N2O3S/c1-5-8(2)10-12(16)14(6-7-18(4)17)9(3)11(15)13-10/h8-10H,5-7H2,1-4H3,(H,13,15). The van der Waals surface area contributed by atoms with Gasteiger partial charge in [0.15, 0.2) is 0 Å². The molecule has 4 atom stereocenters. The molecule has 0 saturated carbocycles. The molecule has 5 nitrogen and oxygen atoms in total. The summed E-state index contributed by atoms with van der Waals surface area (Å²) in [7, 11) is -0.958. The Hall–Kier alpha value is -0.910. The van der Waals surface area contributed by atoms with Crippen molar-refractivity contribution in [2.24, 2.45) is 5.92 Å². The molecule has 0 spiro atoms. The Kier molecular flexibility index (Phi) is 5.31. The molecular weight excluding hydrogens is 252 g/mol. The van der Waals surface area contributed by atoms with Crippen LogP contribution in [0.4, 0.5) is 0 Å². The van der Waals surface area contributed by atoms with Crippen LogP contribution in [-0.4, -0.2) is 51.6 Å². The van der Waals surface area contributed by atoms with Gasteiger partial charge in [-0.1, -0.05) is 20.3 Å². The van der Waals surface area contributed by atoms with Crippen molar-refractivity contribution in [2.45, 2.75) is 39.3 Å². The van der Waals surface area contributed by atoms with Gasteiger partial charge in [0.1, 0.15) is 12.1 Å². The number of hydrogen-bond donors (Lipinski definition) is 1. The summed E-state index contributed by atoms with van der Waals surface area (Å²) in [5.74, 6) is 0.351. The lowest BCUT2D eigenvalue weighted by Crippen LogP contribution is -2.64. The molecule has 1 saturated heterocycles. The summed E-state index contributed by atoms with van der Waals surface area (Å²) in [5, 5.41) is 2.78. The lowest BCUT2D eigenvalue weighted by atomic mass is 9.94. The van der Waals surface area contributed by atoms with E-state index < -0.39 is 22.9 Å². The van der Waals surface area contributed by atoms with Gasteiger partial charge >= 0.3 is 0 Å². The first-order chi connectivity index (χ1) is 8.38. The molecule has 4 unspecified atom stereocenters. The predicted molar refractivity (Wildman–Crippen MR) is 71.5 cm³/mol. The third kappa shape index (κ3) is 3.31. The van der Waals surface area contributed by atoms with Crippen LogP contribution in [0, 0.1) is 5.92 Å². The molecule has 0 aromatic heterocycles. The minimum atomic E-state index is -0.958. The number of hydrogen-bond acceptors (Lipinski definition) is 3. The van der Waals surface area contributed by atoms with E-state index in [1.165, 1.54) is 0 Å². The highest BCUT2D eigenvalue weighted by Crippen LogP contribution is 2.17. The van der Waals surface area contributed by atoms with Crippen molar-refractivity contribution in [3.63, 3.8) is 0 Å². The number of carbonyl (C=O) groups is 2. The molecule has 1 rings (SSSR count). The van der Waals surface area contributed by atoms with E-state index in [0.717, 1.165) is 6.42 Å². The Morgan fingerprint density at radius 1 is 1.44 bits per heavy atom. The van der Waals surface area contributed by atoms with E-state index in [9.17, 15) is 13.8 Å². The van der Waals surface area contributed by atoms with Gasteiger partial charge in [0.05, 0.1) is 0 Å². The van der Waals surface area contributed by atoms with Gasteiger partial charge < -0.3 is 10.2 Å². The summed E-state index contributed by atoms with van der Waals surface area (Å²) in [4.78, 5) is 25.7. The molecule has 6 heteroatoms. The van der Waals surface area contributed by atoms with Crippen molar-refractivity contribution >= 4 is 22.6 Å². The van der Waals surface area contributed by atoms with Gasteiger partial charge in [0.2, 0.25) is 11.8 Å². The van der Waals surface area contributed by atoms with Gasteiger partial charge in [0, 0.05) is 29.4 Å². The predicted octanol–water partition coefficient (Wildman–Crippen LogP) is 0.127. The number of nitrogens with one attached hydrogen (secondary N) is 1. The van der Waals surface area contributed by atoms with Crippen molar-refractivity contribution < 1.29 is 13.8 Å². The Bertz CT molecular complexity index is 359. The minimum absolute atomic E-state index is 0.0538. The second-order valence-electron chi connectivity index (χ2n) is 4.86. The van der Waals surface area contributed by atoms with Gasteiger partial charge in [-0.2, -0.15) is 0 Å². The largest absolute Gasteiger partial charge is 0.342 e. The van der Waals surface area contributed by atoms with Crippen LogP contribution in [0.5, 0.6) is 0 Å². The molecule has 0 aromatic carbocycles. The Morgan fingerprint density at radius 2 is 2.06 bits per heavy atom. The van der Waals surface area contributed by atoms with Gasteiger partial charge in [-0.3, -0.25) is 13.8 Å². The van der Waals surface area contributed by atoms with Crippen LogP contribution >= 0.6 is 0 Å². The second kappa shape index (κ2) is 6.31. The van der Waals surface area contributed by atoms with E-state index in [4.69, 9.17) is 0 Å². The second-order valence-corrected chi connectivity index (χ2v) is 6.41. The topological polar surface area (TPSA) is 66.5 Å². The van der Waals surface area contributed by atoms with Crippen LogP contribution in [0.25, 0.3) is 0 Å². The molecule has 1 fully saturated rings. The highest BCUT2D eigenvalue weighted by molar-refractivity contribution is 7.84. The normalized spacial score (nSPS) is 27.9. The molecule has 2 amide bonds. The van der Waals surface area contributed by atoms with E-state index in [2.05, 4.69) is 5.32 Å². The maximum absolute atomic E-state index is 12.3.